The number of fused-ring (bicyclic) bond motifs is 2. The van der Waals surface area contributed by atoms with E-state index < -0.39 is 0 Å². The van der Waals surface area contributed by atoms with Crippen molar-refractivity contribution in [2.75, 3.05) is 5.32 Å². The normalized spacial score (nSPS) is 13.6. The van der Waals surface area contributed by atoms with Crippen LogP contribution in [0.25, 0.3) is 22.4 Å². The predicted octanol–water partition coefficient (Wildman–Crippen LogP) is 3.24. The Balaban J connectivity index is 1.30. The molecule has 1 fully saturated rings. The molecule has 9 nitrogen and oxygen atoms in total. The number of amides is 1. The van der Waals surface area contributed by atoms with Crippen LogP contribution in [-0.4, -0.2) is 34.5 Å². The van der Waals surface area contributed by atoms with Gasteiger partial charge in [0.25, 0.3) is 0 Å². The van der Waals surface area contributed by atoms with Crippen molar-refractivity contribution in [1.29, 1.82) is 0 Å². The summed E-state index contributed by atoms with van der Waals surface area (Å²) in [6, 6.07) is 11.1. The second-order valence-corrected chi connectivity index (χ2v) is 9.16. The van der Waals surface area contributed by atoms with E-state index in [9.17, 15) is 9.59 Å². The number of hydrogen-bond donors (Lipinski definition) is 1. The maximum absolute atomic E-state index is 12.0. The monoisotopic (exact) mass is 457 g/mol. The molecular weight excluding hydrogens is 438 g/mol. The Labute approximate surface area is 192 Å². The first-order chi connectivity index (χ1) is 16.0. The van der Waals surface area contributed by atoms with E-state index in [1.54, 1.807) is 17.7 Å². The van der Waals surface area contributed by atoms with Crippen LogP contribution in [0.3, 0.4) is 0 Å². The van der Waals surface area contributed by atoms with Crippen molar-refractivity contribution in [3.05, 3.63) is 71.5 Å². The van der Waals surface area contributed by atoms with E-state index in [1.165, 1.54) is 11.8 Å². The number of nitrogens with one attached hydrogen (secondary N) is 1. The van der Waals surface area contributed by atoms with Gasteiger partial charge in [0, 0.05) is 48.1 Å². The number of hydrogen-bond acceptors (Lipinski definition) is 6. The topological polar surface area (TPSA) is 98.6 Å². The van der Waals surface area contributed by atoms with Gasteiger partial charge in [-0.3, -0.25) is 14.0 Å². The van der Waals surface area contributed by atoms with Gasteiger partial charge in [0.05, 0.1) is 6.20 Å². The van der Waals surface area contributed by atoms with Crippen molar-refractivity contribution in [3.63, 3.8) is 0 Å². The molecular formula is C23H19N7O2S. The number of carbonyl (C=O) groups is 1. The van der Waals surface area contributed by atoms with Crippen LogP contribution in [0.1, 0.15) is 12.8 Å². The molecule has 5 heterocycles. The summed E-state index contributed by atoms with van der Waals surface area (Å²) in [5, 5.41) is 12.2. The first kappa shape index (κ1) is 19.7. The van der Waals surface area contributed by atoms with Gasteiger partial charge < -0.3 is 14.3 Å². The Kier molecular flexibility index (Phi) is 4.54. The molecule has 0 spiro atoms. The second kappa shape index (κ2) is 7.59. The number of nitrogens with zero attached hydrogens (tertiary/aromatic N) is 6. The smallest absolute Gasteiger partial charge is 0.250 e. The Morgan fingerprint density at radius 1 is 0.970 bits per heavy atom. The molecule has 0 bridgehead atoms. The fourth-order valence-corrected chi connectivity index (χ4v) is 4.49. The summed E-state index contributed by atoms with van der Waals surface area (Å²) >= 11 is 1.48. The third kappa shape index (κ3) is 3.78. The van der Waals surface area contributed by atoms with Crippen molar-refractivity contribution < 1.29 is 4.79 Å². The fraction of sp³-hybridized carbons (Fsp3) is 0.174. The highest BCUT2D eigenvalue weighted by atomic mass is 32.2. The minimum absolute atomic E-state index is 0.0391. The maximum Gasteiger partial charge on any atom is 0.250 e. The molecule has 1 saturated carbocycles. The zero-order valence-electron chi connectivity index (χ0n) is 17.7. The molecule has 6 rings (SSSR count). The van der Waals surface area contributed by atoms with E-state index in [0.717, 1.165) is 45.3 Å². The number of aromatic nitrogens is 6. The molecule has 1 aliphatic rings. The average Bonchev–Trinajstić information content (AvgIpc) is 3.49. The summed E-state index contributed by atoms with van der Waals surface area (Å²) in [6.45, 7) is 0. The van der Waals surface area contributed by atoms with Gasteiger partial charge in [-0.15, -0.1) is 10.2 Å². The highest BCUT2D eigenvalue weighted by Crippen LogP contribution is 2.31. The molecule has 0 aliphatic heterocycles. The van der Waals surface area contributed by atoms with Gasteiger partial charge in [-0.1, -0.05) is 0 Å². The number of pyridine rings is 3. The molecule has 33 heavy (non-hydrogen) atoms. The van der Waals surface area contributed by atoms with E-state index in [-0.39, 0.29) is 17.4 Å². The lowest BCUT2D eigenvalue weighted by Crippen LogP contribution is -2.13. The van der Waals surface area contributed by atoms with Crippen molar-refractivity contribution in [1.82, 2.24) is 28.5 Å². The summed E-state index contributed by atoms with van der Waals surface area (Å²) in [4.78, 5) is 29.2. The molecule has 1 aliphatic carbocycles. The van der Waals surface area contributed by atoms with Gasteiger partial charge in [-0.25, -0.2) is 4.98 Å². The summed E-state index contributed by atoms with van der Waals surface area (Å²) in [7, 11) is 1.74. The zero-order valence-corrected chi connectivity index (χ0v) is 18.5. The van der Waals surface area contributed by atoms with E-state index in [1.807, 2.05) is 63.9 Å². The molecule has 10 heteroatoms. The molecule has 0 atom stereocenters. The predicted molar refractivity (Wildman–Crippen MR) is 124 cm³/mol. The van der Waals surface area contributed by atoms with Crippen molar-refractivity contribution >= 4 is 34.8 Å². The van der Waals surface area contributed by atoms with Gasteiger partial charge in [0.2, 0.25) is 11.5 Å². The van der Waals surface area contributed by atoms with Crippen LogP contribution in [0.5, 0.6) is 0 Å². The molecule has 5 aromatic rings. The van der Waals surface area contributed by atoms with Gasteiger partial charge in [0.15, 0.2) is 16.6 Å². The zero-order chi connectivity index (χ0) is 22.5. The number of anilines is 1. The van der Waals surface area contributed by atoms with Crippen molar-refractivity contribution in [2.24, 2.45) is 13.0 Å². The largest absolute Gasteiger partial charge is 0.318 e. The van der Waals surface area contributed by atoms with E-state index in [4.69, 9.17) is 0 Å². The molecule has 1 amide bonds. The molecule has 0 saturated heterocycles. The van der Waals surface area contributed by atoms with Crippen molar-refractivity contribution in [3.8, 4) is 11.1 Å². The lowest BCUT2D eigenvalue weighted by molar-refractivity contribution is -0.117. The Morgan fingerprint density at radius 2 is 1.76 bits per heavy atom. The van der Waals surface area contributed by atoms with E-state index in [2.05, 4.69) is 20.5 Å². The molecule has 5 aromatic heterocycles. The minimum atomic E-state index is -0.0504. The molecule has 0 aromatic carbocycles. The highest BCUT2D eigenvalue weighted by Gasteiger charge is 2.30. The average molecular weight is 458 g/mol. The van der Waals surface area contributed by atoms with Crippen molar-refractivity contribution in [2.45, 2.75) is 22.9 Å². The quantitative estimate of drug-likeness (QED) is 0.435. The minimum Gasteiger partial charge on any atom is -0.318 e. The Hall–Kier alpha value is -3.92. The summed E-state index contributed by atoms with van der Waals surface area (Å²) in [5.74, 6) is 0.730. The number of imidazole rings is 1. The van der Waals surface area contributed by atoms with Gasteiger partial charge in [-0.2, -0.15) is 0 Å². The summed E-state index contributed by atoms with van der Waals surface area (Å²) in [6.07, 6.45) is 9.47. The molecule has 0 radical (unpaired) electrons. The van der Waals surface area contributed by atoms with Crippen LogP contribution in [0, 0.1) is 5.92 Å². The third-order valence-corrected chi connectivity index (χ3v) is 6.56. The fourth-order valence-electron chi connectivity index (χ4n) is 3.65. The highest BCUT2D eigenvalue weighted by molar-refractivity contribution is 7.99. The molecule has 164 valence electrons. The standard InChI is InChI=1S/C23H19N7O2S/c1-28-10-15(5-9-21(28)31)16-4-7-20-26-27-23(30(20)11-16)33-17-6-8-19-24-18(13-29(19)12-17)25-22(32)14-2-3-14/h4-14H,2-3H2,1H3,(H,25,32). The van der Waals surface area contributed by atoms with Crippen LogP contribution in [0.4, 0.5) is 5.82 Å². The SMILES string of the molecule is Cn1cc(-c2ccc3nnc(Sc4ccc5nc(NC(=O)C6CC6)cn5c4)n3c2)ccc1=O. The van der Waals surface area contributed by atoms with Crippen LogP contribution in [0.2, 0.25) is 0 Å². The number of carbonyl (C=O) groups excluding carboxylic acids is 1. The van der Waals surface area contributed by atoms with E-state index >= 15 is 0 Å². The van der Waals surface area contributed by atoms with Gasteiger partial charge in [-0.05, 0) is 60.5 Å². The first-order valence-electron chi connectivity index (χ1n) is 10.5. The number of rotatable bonds is 5. The Morgan fingerprint density at radius 3 is 2.58 bits per heavy atom. The second-order valence-electron chi connectivity index (χ2n) is 8.12. The maximum atomic E-state index is 12.0. The van der Waals surface area contributed by atoms with Gasteiger partial charge in [0.1, 0.15) is 5.65 Å². The molecule has 0 unspecified atom stereocenters. The number of aryl methyl sites for hydroxylation is 1. The van der Waals surface area contributed by atoms with Crippen LogP contribution in [0.15, 0.2) is 76.0 Å². The summed E-state index contributed by atoms with van der Waals surface area (Å²) < 4.78 is 5.39. The lowest BCUT2D eigenvalue weighted by Gasteiger charge is -2.06. The third-order valence-electron chi connectivity index (χ3n) is 5.62. The van der Waals surface area contributed by atoms with Crippen LogP contribution >= 0.6 is 11.8 Å². The summed E-state index contributed by atoms with van der Waals surface area (Å²) in [5.41, 5.74) is 3.34. The lowest BCUT2D eigenvalue weighted by atomic mass is 10.1. The Bertz CT molecular complexity index is 1600. The van der Waals surface area contributed by atoms with Gasteiger partial charge >= 0.3 is 0 Å². The van der Waals surface area contributed by atoms with Crippen LogP contribution < -0.4 is 10.9 Å². The first-order valence-corrected chi connectivity index (χ1v) is 11.3. The van der Waals surface area contributed by atoms with Crippen LogP contribution in [-0.2, 0) is 11.8 Å². The molecule has 1 N–H and O–H groups in total. The van der Waals surface area contributed by atoms with E-state index in [0.29, 0.717) is 5.82 Å².